The minimum Gasteiger partial charge on any atom is -0.497 e. The Hall–Kier alpha value is -4.35. The summed E-state index contributed by atoms with van der Waals surface area (Å²) in [5.74, 6) is -2.37. The molecule has 18 heteroatoms. The maximum absolute atomic E-state index is 14.8. The molecule has 0 spiro atoms. The molecule has 1 unspecified atom stereocenters. The number of carboxylic acid groups (broad SMARTS) is 1. The minimum absolute atomic E-state index is 0.202. The van der Waals surface area contributed by atoms with Gasteiger partial charge in [-0.2, -0.15) is 0 Å². The molecular formula is C44H64F2N6O9S. The second kappa shape index (κ2) is 18.4. The zero-order valence-corrected chi connectivity index (χ0v) is 37.8. The highest BCUT2D eigenvalue weighted by Gasteiger charge is 2.65. The third kappa shape index (κ3) is 10.2. The van der Waals surface area contributed by atoms with E-state index in [1.54, 1.807) is 39.8 Å². The highest BCUT2D eigenvalue weighted by Crippen LogP contribution is 2.49. The van der Waals surface area contributed by atoms with Crippen LogP contribution in [0.4, 0.5) is 13.6 Å². The number of unbranched alkanes of at least 4 members (excludes halogenated alkanes) is 2. The second-order valence-corrected chi connectivity index (χ2v) is 21.6. The summed E-state index contributed by atoms with van der Waals surface area (Å²) in [6.07, 6.45) is 3.05. The van der Waals surface area contributed by atoms with Crippen molar-refractivity contribution in [1.82, 2.24) is 30.2 Å². The Morgan fingerprint density at radius 2 is 1.79 bits per heavy atom. The van der Waals surface area contributed by atoms with E-state index >= 15 is 0 Å². The number of aromatic nitrogens is 2. The molecule has 0 radical (unpaired) electrons. The molecule has 62 heavy (non-hydrogen) atoms. The lowest BCUT2D eigenvalue weighted by Gasteiger charge is -2.35. The number of amides is 4. The Morgan fingerprint density at radius 3 is 2.39 bits per heavy atom. The van der Waals surface area contributed by atoms with Gasteiger partial charge in [0.15, 0.2) is 0 Å². The number of ether oxygens (including phenoxy) is 2. The smallest absolute Gasteiger partial charge is 0.405 e. The molecule has 6 rings (SSSR count). The summed E-state index contributed by atoms with van der Waals surface area (Å²) in [7, 11) is -2.67. The normalized spacial score (nSPS) is 27.2. The first-order valence-electron chi connectivity index (χ1n) is 22.1. The van der Waals surface area contributed by atoms with Crippen LogP contribution in [0.2, 0.25) is 0 Å². The number of alkyl halides is 2. The maximum Gasteiger partial charge on any atom is 0.405 e. The molecule has 4 aliphatic rings. The maximum atomic E-state index is 14.8. The first-order valence-corrected chi connectivity index (χ1v) is 23.6. The van der Waals surface area contributed by atoms with Gasteiger partial charge in [0.2, 0.25) is 34.1 Å². The van der Waals surface area contributed by atoms with Gasteiger partial charge in [0.05, 0.1) is 29.4 Å². The number of aryl methyl sites for hydroxylation is 1. The van der Waals surface area contributed by atoms with E-state index in [1.807, 2.05) is 6.07 Å². The summed E-state index contributed by atoms with van der Waals surface area (Å²) in [5, 5.41) is 14.7. The zero-order valence-electron chi connectivity index (χ0n) is 37.0. The van der Waals surface area contributed by atoms with Crippen molar-refractivity contribution >= 4 is 44.9 Å². The Kier molecular flexibility index (Phi) is 14.0. The van der Waals surface area contributed by atoms with E-state index in [-0.39, 0.29) is 25.3 Å². The molecular weight excluding hydrogens is 827 g/mol. The number of hydrogen-bond acceptors (Lipinski definition) is 10. The molecule has 344 valence electrons. The number of sulfonamides is 1. The predicted molar refractivity (Wildman–Crippen MR) is 227 cm³/mol. The van der Waals surface area contributed by atoms with Crippen LogP contribution in [0, 0.1) is 29.1 Å². The van der Waals surface area contributed by atoms with E-state index in [2.05, 4.69) is 22.3 Å². The van der Waals surface area contributed by atoms with Gasteiger partial charge in [0.1, 0.15) is 35.2 Å². The van der Waals surface area contributed by atoms with Crippen LogP contribution in [0.5, 0.6) is 11.6 Å². The van der Waals surface area contributed by atoms with E-state index in [9.17, 15) is 41.5 Å². The third-order valence-electron chi connectivity index (χ3n) is 13.8. The second-order valence-electron chi connectivity index (χ2n) is 19.4. The summed E-state index contributed by atoms with van der Waals surface area (Å²) in [5.41, 5.74) is -1.27. The standard InChI is InChI=1S/C44H64F2N6O9S/c1-8-29-33(61-38-31(16-11-9-10-14-26-15-12-13-25(26)2)47-30-18-17-28(60-7)22-32(30)48-38)24-52(39(54)36(42(3,4)5)49-41(56)57)35(29)37(53)50-44(23-27(44)21-34(45)46)40(55)51-62(58,59)43(6)19-20-43/h17-18,22,25-27,29,33-36,49H,8-16,19-21,23-24H2,1-7H3,(H,50,53)(H,51,55)(H,56,57)/t25-,26+,27+,29+,33-,35?,36+,44+/m0/s1. The molecule has 2 heterocycles. The lowest BCUT2D eigenvalue weighted by Crippen LogP contribution is -2.61. The molecule has 2 aromatic rings. The van der Waals surface area contributed by atoms with Gasteiger partial charge in [-0.15, -0.1) is 0 Å². The fourth-order valence-electron chi connectivity index (χ4n) is 9.49. The van der Waals surface area contributed by atoms with Gasteiger partial charge in [-0.25, -0.2) is 32.0 Å². The molecule has 3 aliphatic carbocycles. The topological polar surface area (TPSA) is 206 Å². The quantitative estimate of drug-likeness (QED) is 0.114. The van der Waals surface area contributed by atoms with Crippen molar-refractivity contribution in [3.05, 3.63) is 23.9 Å². The van der Waals surface area contributed by atoms with Crippen molar-refractivity contribution in [2.24, 2.45) is 29.1 Å². The van der Waals surface area contributed by atoms with Gasteiger partial charge in [0, 0.05) is 18.4 Å². The zero-order chi connectivity index (χ0) is 45.4. The molecule has 1 aromatic carbocycles. The number of nitrogens with zero attached hydrogens (tertiary/aromatic N) is 3. The van der Waals surface area contributed by atoms with Crippen molar-refractivity contribution in [3.8, 4) is 11.6 Å². The Balaban J connectivity index is 1.33. The number of nitrogens with one attached hydrogen (secondary N) is 3. The first-order chi connectivity index (χ1) is 29.1. The first kappa shape index (κ1) is 47.1. The number of carbonyl (C=O) groups excluding carboxylic acids is 3. The fraction of sp³-hybridized carbons (Fsp3) is 0.727. The molecule has 15 nitrogen and oxygen atoms in total. The largest absolute Gasteiger partial charge is 0.497 e. The van der Waals surface area contributed by atoms with Crippen LogP contribution >= 0.6 is 0 Å². The van der Waals surface area contributed by atoms with E-state index in [1.165, 1.54) is 44.6 Å². The number of rotatable bonds is 19. The molecule has 8 atom stereocenters. The van der Waals surface area contributed by atoms with Gasteiger partial charge in [-0.1, -0.05) is 73.1 Å². The van der Waals surface area contributed by atoms with E-state index in [4.69, 9.17) is 19.4 Å². The molecule has 1 saturated heterocycles. The number of methoxy groups -OCH3 is 1. The molecule has 4 N–H and O–H groups in total. The third-order valence-corrected chi connectivity index (χ3v) is 16.0. The highest BCUT2D eigenvalue weighted by atomic mass is 32.2. The molecule has 3 saturated carbocycles. The van der Waals surface area contributed by atoms with Gasteiger partial charge in [0.25, 0.3) is 5.91 Å². The van der Waals surface area contributed by atoms with Crippen molar-refractivity contribution in [2.75, 3.05) is 13.7 Å². The van der Waals surface area contributed by atoms with Crippen molar-refractivity contribution < 1.29 is 51.0 Å². The summed E-state index contributed by atoms with van der Waals surface area (Å²) in [6, 6.07) is 2.60. The summed E-state index contributed by atoms with van der Waals surface area (Å²) in [6.45, 7) is 10.4. The van der Waals surface area contributed by atoms with Crippen molar-refractivity contribution in [2.45, 2.75) is 160 Å². The Labute approximate surface area is 363 Å². The van der Waals surface area contributed by atoms with Gasteiger partial charge >= 0.3 is 6.09 Å². The number of fused-ring (bicyclic) bond motifs is 1. The van der Waals surface area contributed by atoms with Crippen LogP contribution in [-0.2, 0) is 30.8 Å². The Morgan fingerprint density at radius 1 is 1.06 bits per heavy atom. The van der Waals surface area contributed by atoms with Crippen LogP contribution in [-0.4, -0.2) is 101 Å². The Bertz CT molecular complexity index is 2110. The van der Waals surface area contributed by atoms with Crippen LogP contribution in [0.1, 0.15) is 124 Å². The average Bonchev–Trinajstić information content (AvgIpc) is 4.02. The van der Waals surface area contributed by atoms with Gasteiger partial charge < -0.3 is 30.1 Å². The number of likely N-dealkylation sites (tertiary alicyclic amines) is 1. The molecule has 1 aliphatic heterocycles. The number of benzene rings is 1. The summed E-state index contributed by atoms with van der Waals surface area (Å²) in [4.78, 5) is 66.3. The number of halogens is 2. The predicted octanol–water partition coefficient (Wildman–Crippen LogP) is 6.37. The van der Waals surface area contributed by atoms with Crippen molar-refractivity contribution in [3.63, 3.8) is 0 Å². The van der Waals surface area contributed by atoms with E-state index < -0.39 is 92.4 Å². The molecule has 4 amide bonds. The van der Waals surface area contributed by atoms with Crippen LogP contribution < -0.4 is 24.8 Å². The fourth-order valence-corrected chi connectivity index (χ4v) is 10.8. The minimum atomic E-state index is -4.21. The summed E-state index contributed by atoms with van der Waals surface area (Å²) >= 11 is 0. The van der Waals surface area contributed by atoms with Crippen LogP contribution in [0.15, 0.2) is 18.2 Å². The van der Waals surface area contributed by atoms with Crippen LogP contribution in [0.3, 0.4) is 0 Å². The summed E-state index contributed by atoms with van der Waals surface area (Å²) < 4.78 is 67.0. The van der Waals surface area contributed by atoms with Crippen molar-refractivity contribution in [1.29, 1.82) is 0 Å². The molecule has 4 fully saturated rings. The number of carbonyl (C=O) groups is 4. The van der Waals surface area contributed by atoms with Gasteiger partial charge in [-0.3, -0.25) is 19.1 Å². The van der Waals surface area contributed by atoms with E-state index in [0.29, 0.717) is 41.7 Å². The average molecular weight is 891 g/mol. The number of hydrogen-bond donors (Lipinski definition) is 4. The monoisotopic (exact) mass is 890 g/mol. The van der Waals surface area contributed by atoms with E-state index in [0.717, 1.165) is 31.1 Å². The SMILES string of the molecule is CC[C@H]1C(C(=O)N[C@]2(C(=O)NS(=O)(=O)C3(C)CC3)C[C@H]2CC(F)F)N(C(=O)[C@@H](NC(=O)O)C(C)(C)C)C[C@@H]1Oc1nc2cc(OC)ccc2nc1CCCCC[C@@H]1CCC[C@@H]1C. The molecule has 1 aromatic heterocycles. The highest BCUT2D eigenvalue weighted by molar-refractivity contribution is 7.91. The lowest BCUT2D eigenvalue weighted by molar-refractivity contribution is -0.143. The van der Waals surface area contributed by atoms with Gasteiger partial charge in [-0.05, 0) is 80.8 Å². The lowest BCUT2D eigenvalue weighted by atomic mass is 9.85. The molecule has 0 bridgehead atoms. The van der Waals surface area contributed by atoms with Crippen LogP contribution in [0.25, 0.3) is 11.0 Å².